The van der Waals surface area contributed by atoms with Crippen LogP contribution in [0.2, 0.25) is 5.02 Å². The van der Waals surface area contributed by atoms with E-state index in [-0.39, 0.29) is 35.6 Å². The zero-order valence-electron chi connectivity index (χ0n) is 15.2. The van der Waals surface area contributed by atoms with Crippen molar-refractivity contribution in [3.05, 3.63) is 28.8 Å². The third kappa shape index (κ3) is 4.43. The maximum atomic E-state index is 12.5. The number of hydrogen-bond donors (Lipinski definition) is 2. The summed E-state index contributed by atoms with van der Waals surface area (Å²) in [7, 11) is 0. The molecule has 6 nitrogen and oxygen atoms in total. The number of piperidine rings is 1. The molecule has 1 aliphatic heterocycles. The van der Waals surface area contributed by atoms with Gasteiger partial charge in [0.25, 0.3) is 5.91 Å². The van der Waals surface area contributed by atoms with Gasteiger partial charge in [0.15, 0.2) is 0 Å². The first kappa shape index (κ1) is 18.3. The summed E-state index contributed by atoms with van der Waals surface area (Å²) in [6.45, 7) is 1.29. The van der Waals surface area contributed by atoms with Gasteiger partial charge in [-0.15, -0.1) is 0 Å². The van der Waals surface area contributed by atoms with Crippen LogP contribution in [-0.2, 0) is 9.59 Å². The van der Waals surface area contributed by atoms with E-state index in [2.05, 4.69) is 10.6 Å². The van der Waals surface area contributed by atoms with Gasteiger partial charge in [-0.1, -0.05) is 11.6 Å². The van der Waals surface area contributed by atoms with Crippen molar-refractivity contribution < 1.29 is 14.4 Å². The highest BCUT2D eigenvalue weighted by Gasteiger charge is 2.36. The Morgan fingerprint density at radius 3 is 2.26 bits per heavy atom. The first-order valence-electron chi connectivity index (χ1n) is 9.71. The number of nitrogens with one attached hydrogen (secondary N) is 2. The number of anilines is 1. The molecule has 2 aliphatic carbocycles. The largest absolute Gasteiger partial charge is 0.349 e. The molecule has 0 atom stereocenters. The Bertz CT molecular complexity index is 766. The summed E-state index contributed by atoms with van der Waals surface area (Å²) >= 11 is 6.23. The van der Waals surface area contributed by atoms with Crippen molar-refractivity contribution in [2.24, 2.45) is 11.8 Å². The summed E-state index contributed by atoms with van der Waals surface area (Å²) in [5, 5.41) is 6.13. The third-order valence-corrected chi connectivity index (χ3v) is 5.81. The van der Waals surface area contributed by atoms with E-state index in [1.165, 1.54) is 0 Å². The van der Waals surface area contributed by atoms with Gasteiger partial charge in [-0.05, 0) is 56.7 Å². The van der Waals surface area contributed by atoms with Crippen molar-refractivity contribution in [2.75, 3.05) is 18.4 Å². The number of carbonyl (C=O) groups is 3. The summed E-state index contributed by atoms with van der Waals surface area (Å²) in [5.41, 5.74) is 1.01. The predicted molar refractivity (Wildman–Crippen MR) is 103 cm³/mol. The Morgan fingerprint density at radius 1 is 0.963 bits per heavy atom. The van der Waals surface area contributed by atoms with Gasteiger partial charge >= 0.3 is 0 Å². The lowest BCUT2D eigenvalue weighted by Crippen LogP contribution is -2.42. The summed E-state index contributed by atoms with van der Waals surface area (Å²) < 4.78 is 0. The topological polar surface area (TPSA) is 78.5 Å². The van der Waals surface area contributed by atoms with Gasteiger partial charge in [0, 0.05) is 36.7 Å². The predicted octanol–water partition coefficient (Wildman–Crippen LogP) is 2.82. The van der Waals surface area contributed by atoms with Crippen molar-refractivity contribution in [2.45, 2.75) is 44.6 Å². The fraction of sp³-hybridized carbons (Fsp3) is 0.550. The highest BCUT2D eigenvalue weighted by atomic mass is 35.5. The van der Waals surface area contributed by atoms with E-state index < -0.39 is 0 Å². The molecule has 2 N–H and O–H groups in total. The summed E-state index contributed by atoms with van der Waals surface area (Å²) in [6, 6.07) is 5.24. The maximum Gasteiger partial charge on any atom is 0.253 e. The first-order valence-corrected chi connectivity index (χ1v) is 10.1. The van der Waals surface area contributed by atoms with Gasteiger partial charge in [0.2, 0.25) is 11.8 Å². The Kier molecular flexibility index (Phi) is 5.08. The molecule has 7 heteroatoms. The highest BCUT2D eigenvalue weighted by molar-refractivity contribution is 6.34. The van der Waals surface area contributed by atoms with Crippen LogP contribution in [0.1, 0.15) is 48.9 Å². The molecule has 144 valence electrons. The van der Waals surface area contributed by atoms with Crippen LogP contribution in [0.4, 0.5) is 5.69 Å². The molecule has 0 unspecified atom stereocenters. The quantitative estimate of drug-likeness (QED) is 0.812. The number of rotatable bonds is 5. The minimum atomic E-state index is -0.173. The van der Waals surface area contributed by atoms with E-state index in [1.54, 1.807) is 18.2 Å². The number of benzene rings is 1. The molecule has 1 saturated heterocycles. The molecule has 3 amide bonds. The van der Waals surface area contributed by atoms with Crippen molar-refractivity contribution in [1.82, 2.24) is 10.2 Å². The van der Waals surface area contributed by atoms with Crippen molar-refractivity contribution in [3.63, 3.8) is 0 Å². The first-order chi connectivity index (χ1) is 13.0. The second kappa shape index (κ2) is 7.50. The molecule has 4 rings (SSSR count). The minimum Gasteiger partial charge on any atom is -0.349 e. The van der Waals surface area contributed by atoms with Crippen molar-refractivity contribution >= 4 is 35.0 Å². The van der Waals surface area contributed by atoms with E-state index >= 15 is 0 Å². The highest BCUT2D eigenvalue weighted by Crippen LogP contribution is 2.32. The number of halogens is 1. The van der Waals surface area contributed by atoms with E-state index in [0.717, 1.165) is 25.7 Å². The van der Waals surface area contributed by atoms with Gasteiger partial charge in [0.05, 0.1) is 10.6 Å². The molecule has 0 aromatic heterocycles. The van der Waals surface area contributed by atoms with Crippen LogP contribution in [0.5, 0.6) is 0 Å². The van der Waals surface area contributed by atoms with E-state index in [4.69, 9.17) is 11.6 Å². The Morgan fingerprint density at radius 2 is 1.67 bits per heavy atom. The third-order valence-electron chi connectivity index (χ3n) is 5.50. The standard InChI is InChI=1S/C20H24ClN3O3/c21-17-11-15(5-6-16(17)19(26)22-14-3-4-14)23-18(25)12-7-9-24(10-8-12)20(27)13-1-2-13/h5-6,11-14H,1-4,7-10H2,(H,22,26)(H,23,25). The van der Waals surface area contributed by atoms with E-state index in [0.29, 0.717) is 42.2 Å². The summed E-state index contributed by atoms with van der Waals surface area (Å²) in [6.07, 6.45) is 5.41. The zero-order chi connectivity index (χ0) is 19.0. The van der Waals surface area contributed by atoms with Gasteiger partial charge in [-0.25, -0.2) is 0 Å². The zero-order valence-corrected chi connectivity index (χ0v) is 15.9. The second-order valence-corrected chi connectivity index (χ2v) is 8.21. The second-order valence-electron chi connectivity index (χ2n) is 7.81. The van der Waals surface area contributed by atoms with Crippen LogP contribution in [0.25, 0.3) is 0 Å². The molecule has 0 radical (unpaired) electrons. The summed E-state index contributed by atoms with van der Waals surface area (Å²) in [4.78, 5) is 38.7. The normalized spacial score (nSPS) is 20.3. The summed E-state index contributed by atoms with van der Waals surface area (Å²) in [5.74, 6) is 0.145. The van der Waals surface area contributed by atoms with Gasteiger partial charge < -0.3 is 15.5 Å². The molecular weight excluding hydrogens is 366 g/mol. The Hall–Kier alpha value is -2.08. The van der Waals surface area contributed by atoms with Crippen LogP contribution in [0.3, 0.4) is 0 Å². The fourth-order valence-corrected chi connectivity index (χ4v) is 3.73. The number of likely N-dealkylation sites (tertiary alicyclic amines) is 1. The lowest BCUT2D eigenvalue weighted by atomic mass is 9.95. The fourth-order valence-electron chi connectivity index (χ4n) is 3.46. The smallest absolute Gasteiger partial charge is 0.253 e. The lowest BCUT2D eigenvalue weighted by molar-refractivity contribution is -0.135. The van der Waals surface area contributed by atoms with Crippen LogP contribution in [0, 0.1) is 11.8 Å². The monoisotopic (exact) mass is 389 g/mol. The number of nitrogens with zero attached hydrogens (tertiary/aromatic N) is 1. The van der Waals surface area contributed by atoms with Crippen LogP contribution in [-0.4, -0.2) is 41.8 Å². The number of hydrogen-bond acceptors (Lipinski definition) is 3. The molecule has 1 aromatic carbocycles. The average Bonchev–Trinajstić information content (AvgIpc) is 3.55. The molecule has 0 spiro atoms. The van der Waals surface area contributed by atoms with E-state index in [1.807, 2.05) is 4.90 Å². The molecule has 3 aliphatic rings. The molecular formula is C20H24ClN3O3. The molecule has 1 aromatic rings. The maximum absolute atomic E-state index is 12.5. The molecule has 27 heavy (non-hydrogen) atoms. The Balaban J connectivity index is 1.30. The van der Waals surface area contributed by atoms with Gasteiger partial charge in [-0.3, -0.25) is 14.4 Å². The molecule has 0 bridgehead atoms. The van der Waals surface area contributed by atoms with Crippen molar-refractivity contribution in [1.29, 1.82) is 0 Å². The minimum absolute atomic E-state index is 0.0558. The lowest BCUT2D eigenvalue weighted by Gasteiger charge is -2.31. The van der Waals surface area contributed by atoms with E-state index in [9.17, 15) is 14.4 Å². The molecule has 1 heterocycles. The van der Waals surface area contributed by atoms with Crippen LogP contribution < -0.4 is 10.6 Å². The van der Waals surface area contributed by atoms with Gasteiger partial charge in [0.1, 0.15) is 0 Å². The van der Waals surface area contributed by atoms with Crippen LogP contribution >= 0.6 is 11.6 Å². The number of carbonyl (C=O) groups excluding carboxylic acids is 3. The Labute approximate surface area is 163 Å². The molecule has 2 saturated carbocycles. The average molecular weight is 390 g/mol. The molecule has 3 fully saturated rings. The van der Waals surface area contributed by atoms with Crippen LogP contribution in [0.15, 0.2) is 18.2 Å². The number of amides is 3. The van der Waals surface area contributed by atoms with Gasteiger partial charge in [-0.2, -0.15) is 0 Å². The SMILES string of the molecule is O=C(NC1CC1)c1ccc(NC(=O)C2CCN(C(=O)C3CC3)CC2)cc1Cl. The van der Waals surface area contributed by atoms with Crippen molar-refractivity contribution in [3.8, 4) is 0 Å².